The van der Waals surface area contributed by atoms with E-state index in [1.54, 1.807) is 47.4 Å². The van der Waals surface area contributed by atoms with E-state index in [4.69, 9.17) is 9.47 Å². The van der Waals surface area contributed by atoms with E-state index in [0.29, 0.717) is 28.6 Å². The van der Waals surface area contributed by atoms with E-state index in [1.165, 1.54) is 21.1 Å². The third-order valence-electron chi connectivity index (χ3n) is 4.59. The van der Waals surface area contributed by atoms with Gasteiger partial charge in [0.2, 0.25) is 17.7 Å². The lowest BCUT2D eigenvalue weighted by Gasteiger charge is -2.18. The molecule has 0 radical (unpaired) electrons. The van der Waals surface area contributed by atoms with Crippen LogP contribution in [0.3, 0.4) is 0 Å². The number of benzene rings is 2. The third-order valence-corrected chi connectivity index (χ3v) is 4.59. The van der Waals surface area contributed by atoms with Crippen molar-refractivity contribution in [3.8, 4) is 11.5 Å². The molecule has 0 spiro atoms. The molecule has 1 atom stereocenters. The van der Waals surface area contributed by atoms with Crippen LogP contribution in [0.2, 0.25) is 0 Å². The minimum Gasteiger partial charge on any atom is -0.497 e. The Kier molecular flexibility index (Phi) is 6.01. The SMILES string of the molecule is COc1cc(NC(=O)[C@H]2CC(=O)N(c3cccc(NC(C)=O)c3)C2)cc(OC)c1. The molecule has 3 rings (SSSR count). The Labute approximate surface area is 168 Å². The smallest absolute Gasteiger partial charge is 0.229 e. The molecule has 0 bridgehead atoms. The fourth-order valence-corrected chi connectivity index (χ4v) is 3.21. The van der Waals surface area contributed by atoms with Crippen molar-refractivity contribution in [1.29, 1.82) is 0 Å². The zero-order chi connectivity index (χ0) is 21.0. The lowest BCUT2D eigenvalue weighted by atomic mass is 10.1. The van der Waals surface area contributed by atoms with Gasteiger partial charge in [0, 0.05) is 55.2 Å². The maximum Gasteiger partial charge on any atom is 0.229 e. The van der Waals surface area contributed by atoms with Crippen molar-refractivity contribution in [2.45, 2.75) is 13.3 Å². The Hall–Kier alpha value is -3.55. The number of carbonyl (C=O) groups is 3. The molecule has 1 saturated heterocycles. The second-order valence-corrected chi connectivity index (χ2v) is 6.73. The first-order chi connectivity index (χ1) is 13.9. The highest BCUT2D eigenvalue weighted by molar-refractivity contribution is 6.04. The Balaban J connectivity index is 1.72. The number of carbonyl (C=O) groups excluding carboxylic acids is 3. The minimum absolute atomic E-state index is 0.108. The van der Waals surface area contributed by atoms with Crippen molar-refractivity contribution in [1.82, 2.24) is 0 Å². The van der Waals surface area contributed by atoms with Crippen LogP contribution in [0.15, 0.2) is 42.5 Å². The quantitative estimate of drug-likeness (QED) is 0.781. The first kappa shape index (κ1) is 20.2. The van der Waals surface area contributed by atoms with E-state index in [0.717, 1.165) is 0 Å². The molecule has 2 N–H and O–H groups in total. The Morgan fingerprint density at radius 3 is 2.31 bits per heavy atom. The summed E-state index contributed by atoms with van der Waals surface area (Å²) in [5, 5.41) is 5.52. The van der Waals surface area contributed by atoms with Gasteiger partial charge in [-0.1, -0.05) is 6.07 Å². The van der Waals surface area contributed by atoms with Gasteiger partial charge in [0.25, 0.3) is 0 Å². The first-order valence-corrected chi connectivity index (χ1v) is 9.11. The topological polar surface area (TPSA) is 97.0 Å². The number of methoxy groups -OCH3 is 2. The zero-order valence-corrected chi connectivity index (χ0v) is 16.5. The fourth-order valence-electron chi connectivity index (χ4n) is 3.21. The first-order valence-electron chi connectivity index (χ1n) is 9.11. The lowest BCUT2D eigenvalue weighted by molar-refractivity contribution is -0.122. The summed E-state index contributed by atoms with van der Waals surface area (Å²) in [7, 11) is 3.06. The van der Waals surface area contributed by atoms with E-state index in [9.17, 15) is 14.4 Å². The van der Waals surface area contributed by atoms with Crippen LogP contribution < -0.4 is 25.0 Å². The monoisotopic (exact) mass is 397 g/mol. The predicted octanol–water partition coefficient (Wildman–Crippen LogP) is 2.65. The lowest BCUT2D eigenvalue weighted by Crippen LogP contribution is -2.28. The molecule has 29 heavy (non-hydrogen) atoms. The summed E-state index contributed by atoms with van der Waals surface area (Å²) in [6.07, 6.45) is 0.108. The summed E-state index contributed by atoms with van der Waals surface area (Å²) in [5.41, 5.74) is 1.77. The van der Waals surface area contributed by atoms with Crippen molar-refractivity contribution in [2.75, 3.05) is 36.3 Å². The van der Waals surface area contributed by atoms with Gasteiger partial charge in [0.15, 0.2) is 0 Å². The number of rotatable bonds is 6. The Morgan fingerprint density at radius 2 is 1.69 bits per heavy atom. The number of amides is 3. The molecule has 0 aromatic heterocycles. The Morgan fingerprint density at radius 1 is 1.00 bits per heavy atom. The highest BCUT2D eigenvalue weighted by Gasteiger charge is 2.35. The fraction of sp³-hybridized carbons (Fsp3) is 0.286. The van der Waals surface area contributed by atoms with Crippen molar-refractivity contribution in [3.63, 3.8) is 0 Å². The van der Waals surface area contributed by atoms with Crippen molar-refractivity contribution >= 4 is 34.8 Å². The van der Waals surface area contributed by atoms with Crippen LogP contribution in [0.4, 0.5) is 17.1 Å². The molecule has 3 amide bonds. The van der Waals surface area contributed by atoms with E-state index >= 15 is 0 Å². The highest BCUT2D eigenvalue weighted by atomic mass is 16.5. The molecule has 8 nitrogen and oxygen atoms in total. The number of hydrogen-bond acceptors (Lipinski definition) is 5. The van der Waals surface area contributed by atoms with Gasteiger partial charge in [-0.05, 0) is 18.2 Å². The number of anilines is 3. The van der Waals surface area contributed by atoms with Crippen LogP contribution in [0.1, 0.15) is 13.3 Å². The van der Waals surface area contributed by atoms with E-state index in [2.05, 4.69) is 10.6 Å². The molecule has 0 unspecified atom stereocenters. The second-order valence-electron chi connectivity index (χ2n) is 6.73. The summed E-state index contributed by atoms with van der Waals surface area (Å²) in [4.78, 5) is 38.0. The number of ether oxygens (including phenoxy) is 2. The molecule has 152 valence electrons. The maximum absolute atomic E-state index is 12.7. The summed E-state index contributed by atoms with van der Waals surface area (Å²) < 4.78 is 10.4. The van der Waals surface area contributed by atoms with Gasteiger partial charge in [-0.15, -0.1) is 0 Å². The van der Waals surface area contributed by atoms with E-state index in [1.807, 2.05) is 0 Å². The molecular formula is C21H23N3O5. The van der Waals surface area contributed by atoms with E-state index in [-0.39, 0.29) is 30.7 Å². The van der Waals surface area contributed by atoms with Crippen LogP contribution >= 0.6 is 0 Å². The largest absolute Gasteiger partial charge is 0.497 e. The van der Waals surface area contributed by atoms with Gasteiger partial charge in [-0.3, -0.25) is 14.4 Å². The molecule has 1 heterocycles. The average molecular weight is 397 g/mol. The summed E-state index contributed by atoms with van der Waals surface area (Å²) in [6.45, 7) is 1.68. The van der Waals surface area contributed by atoms with Gasteiger partial charge in [0.05, 0.1) is 20.1 Å². The molecule has 0 aliphatic carbocycles. The van der Waals surface area contributed by atoms with Gasteiger partial charge in [-0.25, -0.2) is 0 Å². The molecule has 0 saturated carbocycles. The maximum atomic E-state index is 12.7. The molecule has 8 heteroatoms. The average Bonchev–Trinajstić information content (AvgIpc) is 3.09. The summed E-state index contributed by atoms with van der Waals surface area (Å²) in [6, 6.07) is 12.1. The number of nitrogens with zero attached hydrogens (tertiary/aromatic N) is 1. The number of hydrogen-bond donors (Lipinski definition) is 2. The van der Waals surface area contributed by atoms with Gasteiger partial charge in [-0.2, -0.15) is 0 Å². The van der Waals surface area contributed by atoms with Crippen LogP contribution in [-0.2, 0) is 14.4 Å². The third kappa shape index (κ3) is 4.84. The summed E-state index contributed by atoms with van der Waals surface area (Å²) in [5.74, 6) is 0.0182. The molecule has 2 aromatic carbocycles. The molecule has 2 aromatic rings. The Bertz CT molecular complexity index is 921. The van der Waals surface area contributed by atoms with E-state index < -0.39 is 5.92 Å². The van der Waals surface area contributed by atoms with Crippen LogP contribution in [-0.4, -0.2) is 38.5 Å². The molecular weight excluding hydrogens is 374 g/mol. The molecule has 1 aliphatic heterocycles. The van der Waals surface area contributed by atoms with Crippen LogP contribution in [0.5, 0.6) is 11.5 Å². The molecule has 1 fully saturated rings. The second kappa shape index (κ2) is 8.64. The standard InChI is InChI=1S/C21H23N3O5/c1-13(25)22-15-5-4-6-17(8-15)24-12-14(7-20(24)26)21(27)23-16-9-18(28-2)11-19(10-16)29-3/h4-6,8-11,14H,7,12H2,1-3H3,(H,22,25)(H,23,27)/t14-/m0/s1. The van der Waals surface area contributed by atoms with Gasteiger partial charge >= 0.3 is 0 Å². The van der Waals surface area contributed by atoms with Gasteiger partial charge < -0.3 is 25.0 Å². The molecule has 1 aliphatic rings. The van der Waals surface area contributed by atoms with Crippen LogP contribution in [0.25, 0.3) is 0 Å². The zero-order valence-electron chi connectivity index (χ0n) is 16.5. The van der Waals surface area contributed by atoms with Crippen LogP contribution in [0, 0.1) is 5.92 Å². The predicted molar refractivity (Wildman–Crippen MR) is 109 cm³/mol. The number of nitrogens with one attached hydrogen (secondary N) is 2. The minimum atomic E-state index is -0.496. The van der Waals surface area contributed by atoms with Crippen molar-refractivity contribution in [3.05, 3.63) is 42.5 Å². The van der Waals surface area contributed by atoms with Gasteiger partial charge in [0.1, 0.15) is 11.5 Å². The summed E-state index contributed by atoms with van der Waals surface area (Å²) >= 11 is 0. The van der Waals surface area contributed by atoms with Crippen molar-refractivity contribution < 1.29 is 23.9 Å². The highest BCUT2D eigenvalue weighted by Crippen LogP contribution is 2.30. The van der Waals surface area contributed by atoms with Crippen molar-refractivity contribution in [2.24, 2.45) is 5.92 Å². The normalized spacial score (nSPS) is 15.8.